The average molecular weight is 324 g/mol. The number of benzene rings is 2. The van der Waals surface area contributed by atoms with Gasteiger partial charge in [-0.2, -0.15) is 0 Å². The second kappa shape index (κ2) is 6.02. The number of carbonyl (C=O) groups excluding carboxylic acids is 1. The van der Waals surface area contributed by atoms with Gasteiger partial charge in [0.05, 0.1) is 17.6 Å². The second-order valence-corrected chi connectivity index (χ2v) is 6.02. The van der Waals surface area contributed by atoms with Gasteiger partial charge in [-0.05, 0) is 42.5 Å². The Kier molecular flexibility index (Phi) is 4.32. The third-order valence-corrected chi connectivity index (χ3v) is 4.22. The smallest absolute Gasteiger partial charge is 0.261 e. The third kappa shape index (κ3) is 3.34. The maximum Gasteiger partial charge on any atom is 0.261 e. The number of carbonyl (C=O) groups is 1. The highest BCUT2D eigenvalue weighted by Crippen LogP contribution is 2.23. The molecule has 0 atom stereocenters. The van der Waals surface area contributed by atoms with E-state index < -0.39 is 21.7 Å². The molecule has 0 spiro atoms. The lowest BCUT2D eigenvalue weighted by Gasteiger charge is -2.11. The van der Waals surface area contributed by atoms with Crippen LogP contribution >= 0.6 is 0 Å². The first kappa shape index (κ1) is 15.8. The molecule has 3 N–H and O–H groups in total. The highest BCUT2D eigenvalue weighted by Gasteiger charge is 2.18. The minimum absolute atomic E-state index is 0.0514. The number of primary amides is 1. The molecule has 8 heteroatoms. The minimum atomic E-state index is -3.94. The normalized spacial score (nSPS) is 11.0. The third-order valence-electron chi connectivity index (χ3n) is 2.84. The molecule has 0 fully saturated rings. The average Bonchev–Trinajstić information content (AvgIpc) is 2.48. The van der Waals surface area contributed by atoms with Crippen molar-refractivity contribution >= 4 is 21.6 Å². The van der Waals surface area contributed by atoms with Crippen molar-refractivity contribution in [3.63, 3.8) is 0 Å². The maximum atomic E-state index is 12.8. The van der Waals surface area contributed by atoms with Gasteiger partial charge < -0.3 is 10.5 Å². The summed E-state index contributed by atoms with van der Waals surface area (Å²) in [6, 6.07) is 8.54. The van der Waals surface area contributed by atoms with E-state index in [9.17, 15) is 17.6 Å². The Morgan fingerprint density at radius 3 is 2.36 bits per heavy atom. The van der Waals surface area contributed by atoms with Crippen molar-refractivity contribution in [2.45, 2.75) is 4.90 Å². The highest BCUT2D eigenvalue weighted by molar-refractivity contribution is 7.92. The van der Waals surface area contributed by atoms with E-state index in [0.29, 0.717) is 0 Å². The second-order valence-electron chi connectivity index (χ2n) is 4.34. The van der Waals surface area contributed by atoms with Crippen molar-refractivity contribution in [3.8, 4) is 5.75 Å². The molecular weight excluding hydrogens is 311 g/mol. The van der Waals surface area contributed by atoms with Gasteiger partial charge in [-0.25, -0.2) is 12.8 Å². The number of methoxy groups -OCH3 is 1. The fraction of sp³-hybridized carbons (Fsp3) is 0.0714. The molecule has 0 aromatic heterocycles. The van der Waals surface area contributed by atoms with E-state index in [0.717, 1.165) is 18.2 Å². The molecular formula is C14H13FN2O4S. The number of amides is 1. The summed E-state index contributed by atoms with van der Waals surface area (Å²) in [7, 11) is -2.60. The zero-order valence-corrected chi connectivity index (χ0v) is 12.4. The fourth-order valence-corrected chi connectivity index (χ4v) is 2.86. The maximum absolute atomic E-state index is 12.8. The van der Waals surface area contributed by atoms with Gasteiger partial charge in [0.15, 0.2) is 0 Å². The van der Waals surface area contributed by atoms with E-state index >= 15 is 0 Å². The van der Waals surface area contributed by atoms with Crippen LogP contribution in [0.2, 0.25) is 0 Å². The van der Waals surface area contributed by atoms with Gasteiger partial charge in [-0.15, -0.1) is 0 Å². The monoisotopic (exact) mass is 324 g/mol. The summed E-state index contributed by atoms with van der Waals surface area (Å²) in [5, 5.41) is 0. The standard InChI is InChI=1S/C14H13FN2O4S/c1-21-13-7-6-11(8-12(13)14(16)18)22(19,20)17-10-4-2-9(15)3-5-10/h2-8,17H,1H3,(H2,16,18). The molecule has 0 bridgehead atoms. The molecule has 116 valence electrons. The number of hydrogen-bond donors (Lipinski definition) is 2. The predicted octanol–water partition coefficient (Wildman–Crippen LogP) is 1.73. The van der Waals surface area contributed by atoms with E-state index in [1.165, 1.54) is 31.4 Å². The van der Waals surface area contributed by atoms with E-state index in [1.54, 1.807) is 0 Å². The van der Waals surface area contributed by atoms with Gasteiger partial charge in [0.2, 0.25) is 0 Å². The van der Waals surface area contributed by atoms with Gasteiger partial charge in [0.1, 0.15) is 11.6 Å². The summed E-state index contributed by atoms with van der Waals surface area (Å²) in [5.74, 6) is -1.12. The summed E-state index contributed by atoms with van der Waals surface area (Å²) in [4.78, 5) is 11.2. The van der Waals surface area contributed by atoms with Gasteiger partial charge >= 0.3 is 0 Å². The van der Waals surface area contributed by atoms with Crippen molar-refractivity contribution in [1.29, 1.82) is 0 Å². The molecule has 6 nitrogen and oxygen atoms in total. The summed E-state index contributed by atoms with van der Waals surface area (Å²) in [6.45, 7) is 0. The number of ether oxygens (including phenoxy) is 1. The van der Waals surface area contributed by atoms with Gasteiger partial charge in [0, 0.05) is 5.69 Å². The molecule has 0 heterocycles. The van der Waals surface area contributed by atoms with Crippen LogP contribution in [0.1, 0.15) is 10.4 Å². The summed E-state index contributed by atoms with van der Waals surface area (Å²) < 4.78 is 44.6. The van der Waals surface area contributed by atoms with Crippen molar-refractivity contribution in [2.24, 2.45) is 5.73 Å². The van der Waals surface area contributed by atoms with Crippen LogP contribution in [-0.2, 0) is 10.0 Å². The zero-order chi connectivity index (χ0) is 16.3. The molecule has 0 saturated carbocycles. The van der Waals surface area contributed by atoms with Crippen LogP contribution in [0.25, 0.3) is 0 Å². The largest absolute Gasteiger partial charge is 0.496 e. The molecule has 1 amide bonds. The molecule has 2 aromatic rings. The quantitative estimate of drug-likeness (QED) is 0.875. The van der Waals surface area contributed by atoms with Crippen LogP contribution in [0, 0.1) is 5.82 Å². The number of rotatable bonds is 5. The Morgan fingerprint density at radius 1 is 1.18 bits per heavy atom. The van der Waals surface area contributed by atoms with Crippen molar-refractivity contribution in [2.75, 3.05) is 11.8 Å². The SMILES string of the molecule is COc1ccc(S(=O)(=O)Nc2ccc(F)cc2)cc1C(N)=O. The van der Waals surface area contributed by atoms with Crippen molar-refractivity contribution in [1.82, 2.24) is 0 Å². The predicted molar refractivity (Wildman–Crippen MR) is 78.7 cm³/mol. The van der Waals surface area contributed by atoms with Crippen LogP contribution in [0.4, 0.5) is 10.1 Å². The molecule has 0 unspecified atom stereocenters. The zero-order valence-electron chi connectivity index (χ0n) is 11.5. The Hall–Kier alpha value is -2.61. The molecule has 2 rings (SSSR count). The number of halogens is 1. The molecule has 22 heavy (non-hydrogen) atoms. The Morgan fingerprint density at radius 2 is 1.82 bits per heavy atom. The van der Waals surface area contributed by atoms with Crippen molar-refractivity contribution in [3.05, 3.63) is 53.8 Å². The Bertz CT molecular complexity index is 804. The number of hydrogen-bond acceptors (Lipinski definition) is 4. The van der Waals surface area contributed by atoms with E-state index in [-0.39, 0.29) is 21.9 Å². The fourth-order valence-electron chi connectivity index (χ4n) is 1.78. The van der Waals surface area contributed by atoms with Gasteiger partial charge in [0.25, 0.3) is 15.9 Å². The lowest BCUT2D eigenvalue weighted by molar-refractivity contribution is 0.0997. The van der Waals surface area contributed by atoms with E-state index in [1.807, 2.05) is 0 Å². The molecule has 0 aliphatic rings. The van der Waals surface area contributed by atoms with Crippen LogP contribution < -0.4 is 15.2 Å². The highest BCUT2D eigenvalue weighted by atomic mass is 32.2. The van der Waals surface area contributed by atoms with Crippen LogP contribution in [0.15, 0.2) is 47.4 Å². The first-order valence-electron chi connectivity index (χ1n) is 6.10. The molecule has 2 aromatic carbocycles. The number of sulfonamides is 1. The molecule has 0 aliphatic heterocycles. The number of nitrogens with two attached hydrogens (primary N) is 1. The van der Waals surface area contributed by atoms with Gasteiger partial charge in [-0.3, -0.25) is 9.52 Å². The molecule has 0 aliphatic carbocycles. The Balaban J connectivity index is 2.39. The van der Waals surface area contributed by atoms with E-state index in [4.69, 9.17) is 10.5 Å². The summed E-state index contributed by atoms with van der Waals surface area (Å²) >= 11 is 0. The van der Waals surface area contributed by atoms with E-state index in [2.05, 4.69) is 4.72 Å². The van der Waals surface area contributed by atoms with Crippen LogP contribution in [0.3, 0.4) is 0 Å². The first-order chi connectivity index (χ1) is 10.3. The first-order valence-corrected chi connectivity index (χ1v) is 7.58. The minimum Gasteiger partial charge on any atom is -0.496 e. The summed E-state index contributed by atoms with van der Waals surface area (Å²) in [6.07, 6.45) is 0. The molecule has 0 saturated heterocycles. The topological polar surface area (TPSA) is 98.5 Å². The Labute approximate surface area is 126 Å². The number of nitrogens with one attached hydrogen (secondary N) is 1. The molecule has 0 radical (unpaired) electrons. The number of anilines is 1. The van der Waals surface area contributed by atoms with Crippen LogP contribution in [-0.4, -0.2) is 21.4 Å². The van der Waals surface area contributed by atoms with Crippen molar-refractivity contribution < 1.29 is 22.3 Å². The lowest BCUT2D eigenvalue weighted by atomic mass is 10.2. The van der Waals surface area contributed by atoms with Crippen LogP contribution in [0.5, 0.6) is 5.75 Å². The lowest BCUT2D eigenvalue weighted by Crippen LogP contribution is -2.16. The van der Waals surface area contributed by atoms with Gasteiger partial charge in [-0.1, -0.05) is 0 Å². The summed E-state index contributed by atoms with van der Waals surface area (Å²) in [5.41, 5.74) is 5.34.